The lowest BCUT2D eigenvalue weighted by Crippen LogP contribution is -2.16. The smallest absolute Gasteiger partial charge is 0.145 e. The molecule has 0 spiro atoms. The van der Waals surface area contributed by atoms with Crippen LogP contribution in [0.5, 0.6) is 0 Å². The number of hydrogen-bond donors (Lipinski definition) is 1. The van der Waals surface area contributed by atoms with E-state index in [-0.39, 0.29) is 0 Å². The zero-order chi connectivity index (χ0) is 9.54. The van der Waals surface area contributed by atoms with Crippen LogP contribution in [0.2, 0.25) is 0 Å². The van der Waals surface area contributed by atoms with E-state index >= 15 is 0 Å². The van der Waals surface area contributed by atoms with Gasteiger partial charge in [0.25, 0.3) is 0 Å². The van der Waals surface area contributed by atoms with Gasteiger partial charge in [0.2, 0.25) is 0 Å². The fourth-order valence-corrected chi connectivity index (χ4v) is 2.86. The average Bonchev–Trinajstić information content (AvgIpc) is 2.82. The Hall–Kier alpha value is -0.990. The molecule has 0 radical (unpaired) electrons. The molecule has 0 saturated heterocycles. The van der Waals surface area contributed by atoms with Gasteiger partial charge in [0.1, 0.15) is 5.82 Å². The Morgan fingerprint density at radius 2 is 2.29 bits per heavy atom. The molecule has 0 amide bonds. The van der Waals surface area contributed by atoms with Crippen LogP contribution in [0.4, 0.5) is 5.82 Å². The first-order valence-corrected chi connectivity index (χ1v) is 5.60. The van der Waals surface area contributed by atoms with E-state index in [1.165, 1.54) is 25.7 Å². The van der Waals surface area contributed by atoms with E-state index in [0.717, 1.165) is 24.3 Å². The Kier molecular flexibility index (Phi) is 1.79. The van der Waals surface area contributed by atoms with Crippen LogP contribution in [0.15, 0.2) is 12.3 Å². The predicted octanol–water partition coefficient (Wildman–Crippen LogP) is 1.90. The minimum absolute atomic E-state index is 0.644. The molecule has 2 N–H and O–H groups in total. The molecule has 2 aliphatic carbocycles. The molecule has 1 heterocycles. The van der Waals surface area contributed by atoms with Gasteiger partial charge in [0.05, 0.1) is 0 Å². The molecule has 3 unspecified atom stereocenters. The summed E-state index contributed by atoms with van der Waals surface area (Å²) in [5.41, 5.74) is 5.59. The monoisotopic (exact) mass is 191 g/mol. The number of rotatable bonds is 2. The second kappa shape index (κ2) is 3.01. The summed E-state index contributed by atoms with van der Waals surface area (Å²) in [5.74, 6) is 3.64. The Bertz CT molecular complexity index is 331. The topological polar surface area (TPSA) is 43.8 Å². The zero-order valence-electron chi connectivity index (χ0n) is 8.39. The van der Waals surface area contributed by atoms with Gasteiger partial charge in [-0.15, -0.1) is 0 Å². The predicted molar refractivity (Wildman–Crippen MR) is 55.6 cm³/mol. The molecule has 0 aliphatic heterocycles. The van der Waals surface area contributed by atoms with Crippen molar-refractivity contribution in [2.75, 3.05) is 5.73 Å². The van der Waals surface area contributed by atoms with Crippen molar-refractivity contribution in [1.82, 2.24) is 9.78 Å². The third-order valence-corrected chi connectivity index (χ3v) is 3.76. The van der Waals surface area contributed by atoms with E-state index in [9.17, 15) is 0 Å². The average molecular weight is 191 g/mol. The maximum absolute atomic E-state index is 5.59. The Morgan fingerprint density at radius 3 is 3.00 bits per heavy atom. The Morgan fingerprint density at radius 1 is 1.36 bits per heavy atom. The zero-order valence-corrected chi connectivity index (χ0v) is 8.39. The van der Waals surface area contributed by atoms with Gasteiger partial charge in [-0.05, 0) is 49.5 Å². The first-order chi connectivity index (χ1) is 6.81. The van der Waals surface area contributed by atoms with E-state index in [4.69, 9.17) is 5.73 Å². The minimum Gasteiger partial charge on any atom is -0.382 e. The van der Waals surface area contributed by atoms with E-state index in [1.54, 1.807) is 0 Å². The summed E-state index contributed by atoms with van der Waals surface area (Å²) < 4.78 is 2.00. The summed E-state index contributed by atoms with van der Waals surface area (Å²) in [6.45, 7) is 1.07. The highest BCUT2D eigenvalue weighted by Gasteiger charge is 2.41. The molecule has 3 heteroatoms. The molecular weight excluding hydrogens is 174 g/mol. The van der Waals surface area contributed by atoms with Gasteiger partial charge in [0, 0.05) is 12.7 Å². The fraction of sp³-hybridized carbons (Fsp3) is 0.727. The van der Waals surface area contributed by atoms with Gasteiger partial charge < -0.3 is 5.73 Å². The highest BCUT2D eigenvalue weighted by molar-refractivity contribution is 5.23. The number of nitrogen functional groups attached to an aromatic ring is 1. The van der Waals surface area contributed by atoms with E-state index in [1.807, 2.05) is 16.9 Å². The third-order valence-electron chi connectivity index (χ3n) is 3.76. The summed E-state index contributed by atoms with van der Waals surface area (Å²) in [4.78, 5) is 0. The van der Waals surface area contributed by atoms with Crippen LogP contribution in [0.1, 0.15) is 25.7 Å². The number of anilines is 1. The highest BCUT2D eigenvalue weighted by atomic mass is 15.3. The maximum Gasteiger partial charge on any atom is 0.145 e. The van der Waals surface area contributed by atoms with Gasteiger partial charge in [-0.1, -0.05) is 0 Å². The molecule has 1 aromatic rings. The Balaban J connectivity index is 1.61. The third kappa shape index (κ3) is 1.51. The molecule has 3 nitrogen and oxygen atoms in total. The minimum atomic E-state index is 0.644. The van der Waals surface area contributed by atoms with Gasteiger partial charge in [-0.2, -0.15) is 5.10 Å². The van der Waals surface area contributed by atoms with Gasteiger partial charge in [0.15, 0.2) is 0 Å². The van der Waals surface area contributed by atoms with Gasteiger partial charge in [-0.25, -0.2) is 0 Å². The molecule has 0 aromatic carbocycles. The summed E-state index contributed by atoms with van der Waals surface area (Å²) in [6, 6.07) is 1.88. The van der Waals surface area contributed by atoms with Crippen LogP contribution in [-0.2, 0) is 6.54 Å². The second-order valence-corrected chi connectivity index (χ2v) is 4.90. The van der Waals surface area contributed by atoms with E-state index < -0.39 is 0 Å². The molecule has 2 saturated carbocycles. The number of aromatic nitrogens is 2. The molecular formula is C11H17N3. The molecule has 14 heavy (non-hydrogen) atoms. The first kappa shape index (κ1) is 8.33. The van der Waals surface area contributed by atoms with E-state index in [0.29, 0.717) is 5.82 Å². The number of nitrogens with zero attached hydrogens (tertiary/aromatic N) is 2. The fourth-order valence-electron chi connectivity index (χ4n) is 2.86. The van der Waals surface area contributed by atoms with Crippen molar-refractivity contribution in [1.29, 1.82) is 0 Å². The molecule has 2 fully saturated rings. The van der Waals surface area contributed by atoms with Gasteiger partial charge in [-0.3, -0.25) is 4.68 Å². The van der Waals surface area contributed by atoms with Crippen LogP contribution in [-0.4, -0.2) is 9.78 Å². The van der Waals surface area contributed by atoms with E-state index in [2.05, 4.69) is 5.10 Å². The SMILES string of the molecule is Nc1ccn(CC2CCC3CC3C2)n1. The van der Waals surface area contributed by atoms with Crippen molar-refractivity contribution in [3.8, 4) is 0 Å². The molecule has 1 aromatic heterocycles. The number of fused-ring (bicyclic) bond motifs is 1. The first-order valence-electron chi connectivity index (χ1n) is 5.60. The normalized spacial score (nSPS) is 35.3. The van der Waals surface area contributed by atoms with Crippen LogP contribution >= 0.6 is 0 Å². The van der Waals surface area contributed by atoms with Crippen molar-refractivity contribution >= 4 is 5.82 Å². The molecule has 3 rings (SSSR count). The second-order valence-electron chi connectivity index (χ2n) is 4.90. The number of nitrogens with two attached hydrogens (primary N) is 1. The van der Waals surface area contributed by atoms with Crippen LogP contribution in [0.25, 0.3) is 0 Å². The summed E-state index contributed by atoms with van der Waals surface area (Å²) >= 11 is 0. The van der Waals surface area contributed by atoms with Crippen molar-refractivity contribution in [3.05, 3.63) is 12.3 Å². The summed E-state index contributed by atoms with van der Waals surface area (Å²) in [7, 11) is 0. The van der Waals surface area contributed by atoms with Crippen molar-refractivity contribution in [3.63, 3.8) is 0 Å². The van der Waals surface area contributed by atoms with Crippen molar-refractivity contribution < 1.29 is 0 Å². The summed E-state index contributed by atoms with van der Waals surface area (Å²) in [5, 5.41) is 4.24. The molecule has 76 valence electrons. The van der Waals surface area contributed by atoms with Crippen LogP contribution in [0, 0.1) is 17.8 Å². The van der Waals surface area contributed by atoms with Crippen molar-refractivity contribution in [2.45, 2.75) is 32.2 Å². The molecule has 3 atom stereocenters. The van der Waals surface area contributed by atoms with Crippen molar-refractivity contribution in [2.24, 2.45) is 17.8 Å². The van der Waals surface area contributed by atoms with Gasteiger partial charge >= 0.3 is 0 Å². The van der Waals surface area contributed by atoms with Crippen LogP contribution in [0.3, 0.4) is 0 Å². The lowest BCUT2D eigenvalue weighted by atomic mass is 9.89. The quantitative estimate of drug-likeness (QED) is 0.776. The largest absolute Gasteiger partial charge is 0.382 e. The lowest BCUT2D eigenvalue weighted by molar-refractivity contribution is 0.297. The molecule has 0 bridgehead atoms. The van der Waals surface area contributed by atoms with Crippen LogP contribution < -0.4 is 5.73 Å². The standard InChI is InChI=1S/C11H17N3/c12-11-3-4-14(13-11)7-8-1-2-9-6-10(9)5-8/h3-4,8-10H,1-2,5-7H2,(H2,12,13). The maximum atomic E-state index is 5.59. The number of hydrogen-bond acceptors (Lipinski definition) is 2. The Labute approximate surface area is 84.3 Å². The highest BCUT2D eigenvalue weighted by Crippen LogP contribution is 2.51. The molecule has 2 aliphatic rings. The summed E-state index contributed by atoms with van der Waals surface area (Å²) in [6.07, 6.45) is 7.75. The lowest BCUT2D eigenvalue weighted by Gasteiger charge is -2.20.